The molecule has 2 aromatic heterocycles. The molecule has 1 unspecified atom stereocenters. The Balaban J connectivity index is 1.86. The summed E-state index contributed by atoms with van der Waals surface area (Å²) in [5.41, 5.74) is 1.50. The third kappa shape index (κ3) is 3.61. The summed E-state index contributed by atoms with van der Waals surface area (Å²) < 4.78 is 5.30. The zero-order chi connectivity index (χ0) is 21.4. The van der Waals surface area contributed by atoms with Gasteiger partial charge >= 0.3 is 0 Å². The van der Waals surface area contributed by atoms with Crippen LogP contribution in [0, 0.1) is 5.92 Å². The van der Waals surface area contributed by atoms with E-state index < -0.39 is 0 Å². The van der Waals surface area contributed by atoms with Crippen LogP contribution >= 0.6 is 11.6 Å². The van der Waals surface area contributed by atoms with Crippen molar-refractivity contribution in [2.45, 2.75) is 26.3 Å². The highest BCUT2D eigenvalue weighted by Crippen LogP contribution is 2.37. The summed E-state index contributed by atoms with van der Waals surface area (Å²) in [5, 5.41) is 5.13. The predicted molar refractivity (Wildman–Crippen MR) is 121 cm³/mol. The van der Waals surface area contributed by atoms with Crippen molar-refractivity contribution in [1.29, 1.82) is 0 Å². The van der Waals surface area contributed by atoms with Crippen molar-refractivity contribution in [1.82, 2.24) is 15.0 Å². The zero-order valence-electron chi connectivity index (χ0n) is 17.4. The highest BCUT2D eigenvalue weighted by Gasteiger charge is 2.23. The Morgan fingerprint density at radius 2 is 2.13 bits per heavy atom. The van der Waals surface area contributed by atoms with Crippen LogP contribution in [0.4, 0.5) is 11.8 Å². The number of nitrogens with one attached hydrogen (secondary N) is 2. The standard InChI is InChI=1S/C22H24ClN5O2/c1-12(2)21(29)27-22-25-19-18(17-15(23)6-5-7-16(17)24-19)20(26-22)28(3)13-8-10-14(30-4)11-9-13/h5-8,10-13H,9H2,1-4H3,(H2,24,25,26,27,29). The van der Waals surface area contributed by atoms with Crippen molar-refractivity contribution in [3.63, 3.8) is 0 Å². The van der Waals surface area contributed by atoms with Crippen molar-refractivity contribution in [2.75, 3.05) is 24.4 Å². The molecule has 0 radical (unpaired) electrons. The van der Waals surface area contributed by atoms with Crippen LogP contribution in [0.5, 0.6) is 0 Å². The molecule has 0 spiro atoms. The first-order valence-electron chi connectivity index (χ1n) is 9.83. The Kier molecular flexibility index (Phi) is 5.39. The molecule has 0 saturated carbocycles. The number of methoxy groups -OCH3 is 1. The number of hydrogen-bond donors (Lipinski definition) is 2. The molecular formula is C22H24ClN5O2. The van der Waals surface area contributed by atoms with Gasteiger partial charge in [-0.2, -0.15) is 9.97 Å². The summed E-state index contributed by atoms with van der Waals surface area (Å²) in [6.07, 6.45) is 6.84. The van der Waals surface area contributed by atoms with Crippen molar-refractivity contribution in [3.8, 4) is 0 Å². The van der Waals surface area contributed by atoms with Crippen LogP contribution in [0.2, 0.25) is 5.02 Å². The molecule has 1 aliphatic rings. The Hall–Kier alpha value is -3.06. The maximum atomic E-state index is 12.3. The van der Waals surface area contributed by atoms with E-state index in [9.17, 15) is 4.79 Å². The molecule has 1 aliphatic carbocycles. The summed E-state index contributed by atoms with van der Waals surface area (Å²) >= 11 is 6.54. The minimum atomic E-state index is -0.179. The van der Waals surface area contributed by atoms with Crippen LogP contribution < -0.4 is 10.2 Å². The Labute approximate surface area is 179 Å². The van der Waals surface area contributed by atoms with E-state index in [2.05, 4.69) is 26.3 Å². The van der Waals surface area contributed by atoms with Gasteiger partial charge in [0.1, 0.15) is 17.2 Å². The maximum Gasteiger partial charge on any atom is 0.233 e. The van der Waals surface area contributed by atoms with Crippen LogP contribution in [0.1, 0.15) is 20.3 Å². The van der Waals surface area contributed by atoms with E-state index in [1.54, 1.807) is 7.11 Å². The van der Waals surface area contributed by atoms with Gasteiger partial charge in [0.25, 0.3) is 0 Å². The molecule has 2 heterocycles. The van der Waals surface area contributed by atoms with E-state index in [0.717, 1.165) is 28.5 Å². The lowest BCUT2D eigenvalue weighted by molar-refractivity contribution is -0.118. The van der Waals surface area contributed by atoms with Gasteiger partial charge in [0.05, 0.1) is 23.6 Å². The first kappa shape index (κ1) is 20.2. The molecule has 0 bridgehead atoms. The van der Waals surface area contributed by atoms with E-state index in [-0.39, 0.29) is 23.8 Å². The van der Waals surface area contributed by atoms with Crippen LogP contribution in [-0.2, 0) is 9.53 Å². The second kappa shape index (κ2) is 7.99. The van der Waals surface area contributed by atoms with Gasteiger partial charge in [0.15, 0.2) is 0 Å². The van der Waals surface area contributed by atoms with Gasteiger partial charge < -0.3 is 14.6 Å². The van der Waals surface area contributed by atoms with Gasteiger partial charge in [-0.3, -0.25) is 10.1 Å². The number of carbonyl (C=O) groups is 1. The lowest BCUT2D eigenvalue weighted by Crippen LogP contribution is -2.32. The SMILES string of the molecule is COC1=CCC(N(C)c2nc(NC(=O)C(C)C)nc3[nH]c4cccc(Cl)c4c23)C=C1. The van der Waals surface area contributed by atoms with E-state index >= 15 is 0 Å². The highest BCUT2D eigenvalue weighted by molar-refractivity contribution is 6.38. The number of rotatable bonds is 5. The predicted octanol–water partition coefficient (Wildman–Crippen LogP) is 4.65. The molecule has 30 heavy (non-hydrogen) atoms. The Morgan fingerprint density at radius 3 is 2.80 bits per heavy atom. The second-order valence-corrected chi connectivity index (χ2v) is 8.02. The minimum absolute atomic E-state index is 0.0723. The molecule has 2 N–H and O–H groups in total. The molecule has 1 aromatic carbocycles. The van der Waals surface area contributed by atoms with E-state index in [4.69, 9.17) is 21.3 Å². The van der Waals surface area contributed by atoms with E-state index in [1.165, 1.54) is 0 Å². The summed E-state index contributed by atoms with van der Waals surface area (Å²) in [5.74, 6) is 1.48. The average molecular weight is 426 g/mol. The molecule has 1 atom stereocenters. The van der Waals surface area contributed by atoms with Gasteiger partial charge in [-0.05, 0) is 30.7 Å². The monoisotopic (exact) mass is 425 g/mol. The number of carbonyl (C=O) groups excluding carboxylic acids is 1. The van der Waals surface area contributed by atoms with Crippen LogP contribution in [0.25, 0.3) is 21.9 Å². The number of fused-ring (bicyclic) bond motifs is 3. The van der Waals surface area contributed by atoms with Crippen molar-refractivity contribution in [3.05, 3.63) is 47.2 Å². The summed E-state index contributed by atoms with van der Waals surface area (Å²) in [6, 6.07) is 5.76. The molecule has 0 fully saturated rings. The maximum absolute atomic E-state index is 12.3. The lowest BCUT2D eigenvalue weighted by Gasteiger charge is -2.28. The first-order chi connectivity index (χ1) is 14.4. The van der Waals surface area contributed by atoms with Gasteiger partial charge in [0.2, 0.25) is 11.9 Å². The summed E-state index contributed by atoms with van der Waals surface area (Å²) in [6.45, 7) is 3.66. The lowest BCUT2D eigenvalue weighted by atomic mass is 10.1. The molecule has 1 amide bonds. The number of hydrogen-bond acceptors (Lipinski definition) is 5. The molecule has 0 saturated heterocycles. The van der Waals surface area contributed by atoms with Crippen LogP contribution in [0.15, 0.2) is 42.2 Å². The number of ether oxygens (including phenoxy) is 1. The minimum Gasteiger partial charge on any atom is -0.497 e. The molecule has 4 rings (SSSR count). The van der Waals surface area contributed by atoms with Crippen LogP contribution in [0.3, 0.4) is 0 Å². The van der Waals surface area contributed by atoms with Gasteiger partial charge in [-0.15, -0.1) is 0 Å². The number of aromatic nitrogens is 3. The normalized spacial score (nSPS) is 16.2. The fourth-order valence-corrected chi connectivity index (χ4v) is 3.80. The van der Waals surface area contributed by atoms with Gasteiger partial charge in [-0.1, -0.05) is 37.6 Å². The quantitative estimate of drug-likeness (QED) is 0.621. The third-order valence-electron chi connectivity index (χ3n) is 5.28. The number of benzene rings is 1. The fourth-order valence-electron chi connectivity index (χ4n) is 3.53. The number of amides is 1. The average Bonchev–Trinajstić information content (AvgIpc) is 3.12. The molecule has 3 aromatic rings. The number of aromatic amines is 1. The number of halogens is 1. The zero-order valence-corrected chi connectivity index (χ0v) is 18.1. The van der Waals surface area contributed by atoms with E-state index in [0.29, 0.717) is 16.5 Å². The molecule has 7 nitrogen and oxygen atoms in total. The second-order valence-electron chi connectivity index (χ2n) is 7.61. The number of nitrogens with zero attached hydrogens (tertiary/aromatic N) is 3. The Bertz CT molecular complexity index is 1180. The van der Waals surface area contributed by atoms with Gasteiger partial charge in [0, 0.05) is 23.9 Å². The number of H-pyrrole nitrogens is 1. The van der Waals surface area contributed by atoms with Crippen LogP contribution in [-0.4, -0.2) is 41.1 Å². The van der Waals surface area contributed by atoms with Crippen molar-refractivity contribution in [2.24, 2.45) is 5.92 Å². The highest BCUT2D eigenvalue weighted by atomic mass is 35.5. The van der Waals surface area contributed by atoms with Gasteiger partial charge in [-0.25, -0.2) is 0 Å². The number of allylic oxidation sites excluding steroid dienone is 1. The summed E-state index contributed by atoms with van der Waals surface area (Å²) in [4.78, 5) is 26.9. The van der Waals surface area contributed by atoms with E-state index in [1.807, 2.05) is 51.2 Å². The molecule has 8 heteroatoms. The molecule has 156 valence electrons. The molecular weight excluding hydrogens is 402 g/mol. The van der Waals surface area contributed by atoms with Crippen molar-refractivity contribution < 1.29 is 9.53 Å². The first-order valence-corrected chi connectivity index (χ1v) is 10.2. The summed E-state index contributed by atoms with van der Waals surface area (Å²) in [7, 11) is 3.64. The topological polar surface area (TPSA) is 83.1 Å². The third-order valence-corrected chi connectivity index (χ3v) is 5.59. The number of likely N-dealkylation sites (N-methyl/N-ethyl adjacent to an activating group) is 1. The Morgan fingerprint density at radius 1 is 1.33 bits per heavy atom. The fraction of sp³-hybridized carbons (Fsp3) is 0.318. The smallest absolute Gasteiger partial charge is 0.233 e. The number of anilines is 2. The van der Waals surface area contributed by atoms with Crippen molar-refractivity contribution >= 4 is 51.2 Å². The molecule has 0 aliphatic heterocycles. The largest absolute Gasteiger partial charge is 0.497 e.